The summed E-state index contributed by atoms with van der Waals surface area (Å²) in [5.41, 5.74) is 3.91. The van der Waals surface area contributed by atoms with Crippen molar-refractivity contribution in [1.82, 2.24) is 4.57 Å². The number of aryl methyl sites for hydroxylation is 1. The molecule has 0 fully saturated rings. The highest BCUT2D eigenvalue weighted by molar-refractivity contribution is 6.15. The molecule has 0 bridgehead atoms. The third kappa shape index (κ3) is 3.87. The summed E-state index contributed by atoms with van der Waals surface area (Å²) >= 11 is 0. The fourth-order valence-electron chi connectivity index (χ4n) is 3.91. The zero-order valence-electron chi connectivity index (χ0n) is 18.2. The molecule has 1 aliphatic rings. The van der Waals surface area contributed by atoms with Crippen molar-refractivity contribution in [2.45, 2.75) is 6.61 Å². The minimum atomic E-state index is -0.379. The second-order valence-electron chi connectivity index (χ2n) is 7.79. The van der Waals surface area contributed by atoms with Crippen molar-refractivity contribution >= 4 is 28.7 Å². The molecule has 0 N–H and O–H groups in total. The van der Waals surface area contributed by atoms with Gasteiger partial charge in [-0.05, 0) is 42.0 Å². The predicted molar refractivity (Wildman–Crippen MR) is 124 cm³/mol. The van der Waals surface area contributed by atoms with Crippen molar-refractivity contribution in [3.8, 4) is 11.5 Å². The van der Waals surface area contributed by atoms with Crippen LogP contribution in [0, 0.1) is 0 Å². The Kier molecular flexibility index (Phi) is 5.18. The van der Waals surface area contributed by atoms with Gasteiger partial charge >= 0.3 is 5.97 Å². The van der Waals surface area contributed by atoms with Crippen LogP contribution in [0.5, 0.6) is 11.5 Å². The van der Waals surface area contributed by atoms with Crippen LogP contribution in [0.1, 0.15) is 31.8 Å². The number of Topliss-reactive ketones (excluding diaryl/α,β-unsaturated/α-hetero) is 1. The summed E-state index contributed by atoms with van der Waals surface area (Å²) in [5, 5.41) is 1.06. The van der Waals surface area contributed by atoms with Gasteiger partial charge in [-0.3, -0.25) is 4.79 Å². The van der Waals surface area contributed by atoms with E-state index >= 15 is 0 Å². The molecule has 0 amide bonds. The van der Waals surface area contributed by atoms with Crippen molar-refractivity contribution in [2.75, 3.05) is 7.11 Å². The fourth-order valence-corrected chi connectivity index (χ4v) is 3.91. The lowest BCUT2D eigenvalue weighted by atomic mass is 10.1. The molecule has 0 spiro atoms. The van der Waals surface area contributed by atoms with Gasteiger partial charge in [-0.25, -0.2) is 4.79 Å². The third-order valence-corrected chi connectivity index (χ3v) is 5.64. The summed E-state index contributed by atoms with van der Waals surface area (Å²) in [4.78, 5) is 24.4. The second-order valence-corrected chi connectivity index (χ2v) is 7.79. The maximum atomic E-state index is 12.9. The van der Waals surface area contributed by atoms with Crippen LogP contribution >= 0.6 is 0 Å². The summed E-state index contributed by atoms with van der Waals surface area (Å²) in [6.45, 7) is 0.312. The number of ketones is 1. The SMILES string of the molecule is COC(=O)c1ccc(COc2ccc3c(c2)OC(=Cc2cn(C)c4ccccc24)C3=O)cc1. The van der Waals surface area contributed by atoms with E-state index in [0.717, 1.165) is 22.0 Å². The molecular formula is C27H21NO5. The number of ether oxygens (including phenoxy) is 3. The van der Waals surface area contributed by atoms with Gasteiger partial charge in [0.2, 0.25) is 5.78 Å². The number of benzene rings is 3. The van der Waals surface area contributed by atoms with Crippen LogP contribution in [0.25, 0.3) is 17.0 Å². The number of fused-ring (bicyclic) bond motifs is 2. The Morgan fingerprint density at radius 2 is 1.85 bits per heavy atom. The highest BCUT2D eigenvalue weighted by Gasteiger charge is 2.28. The monoisotopic (exact) mass is 439 g/mol. The number of para-hydroxylation sites is 1. The first-order valence-electron chi connectivity index (χ1n) is 10.5. The van der Waals surface area contributed by atoms with Crippen molar-refractivity contribution in [2.24, 2.45) is 7.05 Å². The van der Waals surface area contributed by atoms with Crippen LogP contribution < -0.4 is 9.47 Å². The normalized spacial score (nSPS) is 13.8. The number of nitrogens with zero attached hydrogens (tertiary/aromatic N) is 1. The summed E-state index contributed by atoms with van der Waals surface area (Å²) < 4.78 is 18.5. The van der Waals surface area contributed by atoms with Crippen molar-refractivity contribution < 1.29 is 23.8 Å². The van der Waals surface area contributed by atoms with Crippen LogP contribution in [-0.4, -0.2) is 23.4 Å². The molecule has 33 heavy (non-hydrogen) atoms. The Balaban J connectivity index is 1.33. The van der Waals surface area contributed by atoms with E-state index in [0.29, 0.717) is 29.2 Å². The number of hydrogen-bond acceptors (Lipinski definition) is 5. The fraction of sp³-hybridized carbons (Fsp3) is 0.111. The molecule has 3 aromatic carbocycles. The molecule has 6 nitrogen and oxygen atoms in total. The maximum absolute atomic E-state index is 12.9. The highest BCUT2D eigenvalue weighted by atomic mass is 16.5. The van der Waals surface area contributed by atoms with Crippen molar-refractivity contribution in [1.29, 1.82) is 0 Å². The Morgan fingerprint density at radius 1 is 1.06 bits per heavy atom. The van der Waals surface area contributed by atoms with Gasteiger partial charge in [-0.15, -0.1) is 0 Å². The molecule has 0 saturated heterocycles. The van der Waals surface area contributed by atoms with Gasteiger partial charge in [0.25, 0.3) is 0 Å². The smallest absolute Gasteiger partial charge is 0.337 e. The van der Waals surface area contributed by atoms with Gasteiger partial charge in [0.1, 0.15) is 18.1 Å². The lowest BCUT2D eigenvalue weighted by Gasteiger charge is -2.08. The van der Waals surface area contributed by atoms with Gasteiger partial charge < -0.3 is 18.8 Å². The largest absolute Gasteiger partial charge is 0.489 e. The Labute approximate surface area is 190 Å². The summed E-state index contributed by atoms with van der Waals surface area (Å²) in [6, 6.07) is 20.2. The molecule has 0 saturated carbocycles. The zero-order valence-corrected chi connectivity index (χ0v) is 18.2. The van der Waals surface area contributed by atoms with E-state index in [4.69, 9.17) is 14.2 Å². The van der Waals surface area contributed by atoms with Crippen LogP contribution in [0.4, 0.5) is 0 Å². The van der Waals surface area contributed by atoms with E-state index in [-0.39, 0.29) is 17.5 Å². The first kappa shape index (κ1) is 20.6. The predicted octanol–water partition coefficient (Wildman–Crippen LogP) is 5.16. The molecule has 4 aromatic rings. The van der Waals surface area contributed by atoms with Gasteiger partial charge in [-0.1, -0.05) is 30.3 Å². The van der Waals surface area contributed by atoms with E-state index < -0.39 is 0 Å². The highest BCUT2D eigenvalue weighted by Crippen LogP contribution is 2.36. The van der Waals surface area contributed by atoms with Crippen LogP contribution in [0.3, 0.4) is 0 Å². The Hall–Kier alpha value is -4.32. The average molecular weight is 439 g/mol. The Morgan fingerprint density at radius 3 is 2.64 bits per heavy atom. The van der Waals surface area contributed by atoms with E-state index in [1.165, 1.54) is 7.11 Å². The van der Waals surface area contributed by atoms with Gasteiger partial charge in [-0.2, -0.15) is 0 Å². The molecule has 164 valence electrons. The van der Waals surface area contributed by atoms with Crippen LogP contribution in [-0.2, 0) is 18.4 Å². The third-order valence-electron chi connectivity index (χ3n) is 5.64. The van der Waals surface area contributed by atoms with Gasteiger partial charge in [0, 0.05) is 35.8 Å². The number of esters is 1. The van der Waals surface area contributed by atoms with E-state index in [1.54, 1.807) is 36.4 Å². The Bertz CT molecular complexity index is 1410. The number of hydrogen-bond donors (Lipinski definition) is 0. The standard InChI is InChI=1S/C27H21NO5/c1-28-15-19(21-5-3-4-6-23(21)28)13-25-26(29)22-12-11-20(14-24(22)33-25)32-16-17-7-9-18(10-8-17)27(30)31-2/h3-15H,16H2,1-2H3. The number of methoxy groups -OCH3 is 1. The van der Waals surface area contributed by atoms with Gasteiger partial charge in [0.05, 0.1) is 18.2 Å². The topological polar surface area (TPSA) is 66.8 Å². The molecule has 0 radical (unpaired) electrons. The quantitative estimate of drug-likeness (QED) is 0.317. The number of aromatic nitrogens is 1. The summed E-state index contributed by atoms with van der Waals surface area (Å²) in [5.74, 6) is 0.824. The molecule has 2 heterocycles. The lowest BCUT2D eigenvalue weighted by molar-refractivity contribution is 0.0600. The van der Waals surface area contributed by atoms with Crippen molar-refractivity contribution in [3.63, 3.8) is 0 Å². The average Bonchev–Trinajstić information content (AvgIpc) is 3.33. The molecule has 6 heteroatoms. The first-order chi connectivity index (χ1) is 16.0. The number of allylic oxidation sites excluding steroid dienone is 1. The van der Waals surface area contributed by atoms with Crippen LogP contribution in [0.15, 0.2) is 78.7 Å². The van der Waals surface area contributed by atoms with Crippen molar-refractivity contribution in [3.05, 3.63) is 101 Å². The minimum Gasteiger partial charge on any atom is -0.489 e. The maximum Gasteiger partial charge on any atom is 0.337 e. The second kappa shape index (κ2) is 8.31. The van der Waals surface area contributed by atoms with Gasteiger partial charge in [0.15, 0.2) is 5.76 Å². The van der Waals surface area contributed by atoms with E-state index in [9.17, 15) is 9.59 Å². The molecule has 0 atom stereocenters. The van der Waals surface area contributed by atoms with E-state index in [2.05, 4.69) is 0 Å². The molecule has 5 rings (SSSR count). The van der Waals surface area contributed by atoms with E-state index in [1.807, 2.05) is 54.2 Å². The molecule has 1 aliphatic heterocycles. The minimum absolute atomic E-state index is 0.150. The lowest BCUT2D eigenvalue weighted by Crippen LogP contribution is -2.02. The molecule has 0 unspecified atom stereocenters. The molecular weight excluding hydrogens is 418 g/mol. The number of carbonyl (C=O) groups is 2. The first-order valence-corrected chi connectivity index (χ1v) is 10.5. The summed E-state index contributed by atoms with van der Waals surface area (Å²) in [7, 11) is 3.33. The molecule has 0 aliphatic carbocycles. The summed E-state index contributed by atoms with van der Waals surface area (Å²) in [6.07, 6.45) is 3.77. The van der Waals surface area contributed by atoms with Crippen LogP contribution in [0.2, 0.25) is 0 Å². The number of carbonyl (C=O) groups excluding carboxylic acids is 2. The zero-order chi connectivity index (χ0) is 22.9. The molecule has 1 aromatic heterocycles. The number of rotatable bonds is 5.